The molecule has 0 aromatic heterocycles. The van der Waals surface area contributed by atoms with E-state index in [1.807, 2.05) is 24.3 Å². The molecule has 1 heterocycles. The van der Waals surface area contributed by atoms with Gasteiger partial charge < -0.3 is 23.8 Å². The minimum Gasteiger partial charge on any atom is -0.378 e. The molecule has 0 saturated carbocycles. The monoisotopic (exact) mass is 562 g/mol. The quantitative estimate of drug-likeness (QED) is 0.284. The summed E-state index contributed by atoms with van der Waals surface area (Å²) < 4.78 is 23.8. The molecular formula is C33H39ClN2O4. The van der Waals surface area contributed by atoms with Crippen molar-refractivity contribution in [3.05, 3.63) is 89.4 Å². The van der Waals surface area contributed by atoms with Crippen LogP contribution in [0.3, 0.4) is 0 Å². The van der Waals surface area contributed by atoms with E-state index in [2.05, 4.69) is 64.4 Å². The summed E-state index contributed by atoms with van der Waals surface area (Å²) in [6.07, 6.45) is 0. The number of rotatable bonds is 3. The largest absolute Gasteiger partial charge is 0.378 e. The maximum atomic E-state index is 6.08. The Hall–Kier alpha value is -2.71. The van der Waals surface area contributed by atoms with E-state index in [1.54, 1.807) is 0 Å². The Kier molecular flexibility index (Phi) is 11.0. The molecule has 7 heteroatoms. The number of anilines is 1. The normalized spacial score (nSPS) is 18.0. The van der Waals surface area contributed by atoms with Gasteiger partial charge in [0.25, 0.3) is 0 Å². The fraction of sp³-hybridized carbons (Fsp3) is 0.394. The summed E-state index contributed by atoms with van der Waals surface area (Å²) in [4.78, 5) is 4.69. The van der Waals surface area contributed by atoms with E-state index < -0.39 is 0 Å². The zero-order valence-corrected chi connectivity index (χ0v) is 23.9. The van der Waals surface area contributed by atoms with Gasteiger partial charge in [0.15, 0.2) is 0 Å². The van der Waals surface area contributed by atoms with Gasteiger partial charge in [0.2, 0.25) is 0 Å². The molecule has 0 amide bonds. The minimum absolute atomic E-state index is 0.571. The summed E-state index contributed by atoms with van der Waals surface area (Å²) >= 11 is 6.08. The standard InChI is InChI=1S/C33H39ClN2O4/c34-29-9-11-30(12-10-29)36-15-19-39-23-21-37-17-13-35(14-18-38-22-24-40-20-16-36)26-33-31-7-3-1-5-27(31)25-28-6-2-4-8-32(28)33/h1-12,25H,13-24,26H2. The maximum Gasteiger partial charge on any atom is 0.0701 e. The van der Waals surface area contributed by atoms with E-state index in [-0.39, 0.29) is 0 Å². The van der Waals surface area contributed by atoms with Crippen LogP contribution in [0.15, 0.2) is 78.9 Å². The van der Waals surface area contributed by atoms with Crippen molar-refractivity contribution in [1.82, 2.24) is 4.90 Å². The van der Waals surface area contributed by atoms with E-state index >= 15 is 0 Å². The second kappa shape index (κ2) is 15.3. The van der Waals surface area contributed by atoms with Crippen molar-refractivity contribution >= 4 is 38.8 Å². The zero-order chi connectivity index (χ0) is 27.4. The number of fused-ring (bicyclic) bond motifs is 2. The predicted octanol–water partition coefficient (Wildman–Crippen LogP) is 6.04. The first-order chi connectivity index (χ1) is 19.8. The van der Waals surface area contributed by atoms with Gasteiger partial charge in [-0.15, -0.1) is 0 Å². The Morgan fingerprint density at radius 2 is 1.02 bits per heavy atom. The van der Waals surface area contributed by atoms with Gasteiger partial charge in [-0.05, 0) is 57.4 Å². The molecule has 1 saturated heterocycles. The van der Waals surface area contributed by atoms with Crippen molar-refractivity contribution in [3.8, 4) is 0 Å². The number of hydrogen-bond donors (Lipinski definition) is 0. The lowest BCUT2D eigenvalue weighted by atomic mass is 9.96. The Morgan fingerprint density at radius 1 is 0.550 bits per heavy atom. The predicted molar refractivity (Wildman–Crippen MR) is 164 cm³/mol. The highest BCUT2D eigenvalue weighted by Crippen LogP contribution is 2.29. The van der Waals surface area contributed by atoms with E-state index in [0.29, 0.717) is 52.9 Å². The number of benzene rings is 4. The molecule has 1 fully saturated rings. The lowest BCUT2D eigenvalue weighted by Gasteiger charge is -2.26. The SMILES string of the molecule is Clc1ccc(N2CCOCCOCCN(Cc3c4ccccc4cc4ccccc34)CCOCCOCC2)cc1. The minimum atomic E-state index is 0.571. The van der Waals surface area contributed by atoms with Crippen molar-refractivity contribution in [2.24, 2.45) is 0 Å². The molecule has 4 aromatic rings. The van der Waals surface area contributed by atoms with E-state index in [9.17, 15) is 0 Å². The molecule has 0 radical (unpaired) electrons. The molecular weight excluding hydrogens is 524 g/mol. The van der Waals surface area contributed by atoms with Gasteiger partial charge >= 0.3 is 0 Å². The molecule has 4 aromatic carbocycles. The molecule has 0 unspecified atom stereocenters. The molecule has 212 valence electrons. The summed E-state index contributed by atoms with van der Waals surface area (Å²) in [5.41, 5.74) is 2.46. The Bertz CT molecular complexity index is 1260. The van der Waals surface area contributed by atoms with Crippen molar-refractivity contribution in [3.63, 3.8) is 0 Å². The molecule has 1 aliphatic rings. The van der Waals surface area contributed by atoms with Crippen LogP contribution in [-0.2, 0) is 25.5 Å². The van der Waals surface area contributed by atoms with Crippen LogP contribution >= 0.6 is 11.6 Å². The zero-order valence-electron chi connectivity index (χ0n) is 23.1. The molecule has 0 bridgehead atoms. The maximum absolute atomic E-state index is 6.08. The van der Waals surface area contributed by atoms with E-state index in [4.69, 9.17) is 30.5 Å². The second-order valence-electron chi connectivity index (χ2n) is 9.99. The first-order valence-electron chi connectivity index (χ1n) is 14.2. The van der Waals surface area contributed by atoms with Crippen molar-refractivity contribution in [1.29, 1.82) is 0 Å². The van der Waals surface area contributed by atoms with Crippen LogP contribution in [0.4, 0.5) is 5.69 Å². The molecule has 0 aliphatic carbocycles. The van der Waals surface area contributed by atoms with Gasteiger partial charge in [-0.1, -0.05) is 60.1 Å². The van der Waals surface area contributed by atoms with Crippen LogP contribution in [0.2, 0.25) is 5.02 Å². The van der Waals surface area contributed by atoms with Crippen LogP contribution in [0.1, 0.15) is 5.56 Å². The van der Waals surface area contributed by atoms with Crippen molar-refractivity contribution in [2.45, 2.75) is 6.54 Å². The lowest BCUT2D eigenvalue weighted by molar-refractivity contribution is 0.0213. The van der Waals surface area contributed by atoms with Gasteiger partial charge in [0.05, 0.1) is 52.9 Å². The molecule has 0 N–H and O–H groups in total. The molecule has 40 heavy (non-hydrogen) atoms. The fourth-order valence-electron chi connectivity index (χ4n) is 5.17. The summed E-state index contributed by atoms with van der Waals surface area (Å²) in [5, 5.41) is 5.88. The van der Waals surface area contributed by atoms with E-state index in [0.717, 1.165) is 43.4 Å². The number of nitrogens with zero attached hydrogens (tertiary/aromatic N) is 2. The molecule has 0 atom stereocenters. The number of hydrogen-bond acceptors (Lipinski definition) is 6. The topological polar surface area (TPSA) is 43.4 Å². The fourth-order valence-corrected chi connectivity index (χ4v) is 5.30. The first-order valence-corrected chi connectivity index (χ1v) is 14.6. The molecule has 0 spiro atoms. The average Bonchev–Trinajstić information content (AvgIpc) is 2.98. The smallest absolute Gasteiger partial charge is 0.0701 e. The van der Waals surface area contributed by atoms with Gasteiger partial charge in [-0.3, -0.25) is 4.90 Å². The first kappa shape index (κ1) is 28.8. The van der Waals surface area contributed by atoms with Crippen LogP contribution in [0.5, 0.6) is 0 Å². The number of ether oxygens (including phenoxy) is 4. The summed E-state index contributed by atoms with van der Waals surface area (Å²) in [7, 11) is 0. The van der Waals surface area contributed by atoms with Crippen LogP contribution in [0, 0.1) is 0 Å². The van der Waals surface area contributed by atoms with Crippen LogP contribution in [-0.4, -0.2) is 83.9 Å². The van der Waals surface area contributed by atoms with Gasteiger partial charge in [0, 0.05) is 43.4 Å². The van der Waals surface area contributed by atoms with Crippen molar-refractivity contribution < 1.29 is 18.9 Å². The third-order valence-electron chi connectivity index (χ3n) is 7.32. The van der Waals surface area contributed by atoms with Crippen molar-refractivity contribution in [2.75, 3.05) is 83.9 Å². The summed E-state index contributed by atoms with van der Waals surface area (Å²) in [6.45, 7) is 8.85. The summed E-state index contributed by atoms with van der Waals surface area (Å²) in [5.74, 6) is 0. The third-order valence-corrected chi connectivity index (χ3v) is 7.57. The average molecular weight is 563 g/mol. The highest BCUT2D eigenvalue weighted by molar-refractivity contribution is 6.30. The Morgan fingerprint density at radius 3 is 1.55 bits per heavy atom. The molecule has 1 aliphatic heterocycles. The van der Waals surface area contributed by atoms with Gasteiger partial charge in [0.1, 0.15) is 0 Å². The Labute approximate surface area is 242 Å². The van der Waals surface area contributed by atoms with Gasteiger partial charge in [-0.25, -0.2) is 0 Å². The third kappa shape index (κ3) is 8.16. The van der Waals surface area contributed by atoms with Crippen LogP contribution < -0.4 is 4.90 Å². The lowest BCUT2D eigenvalue weighted by Crippen LogP contribution is -2.33. The van der Waals surface area contributed by atoms with Gasteiger partial charge in [-0.2, -0.15) is 0 Å². The molecule has 5 rings (SSSR count). The highest BCUT2D eigenvalue weighted by Gasteiger charge is 2.13. The highest BCUT2D eigenvalue weighted by atomic mass is 35.5. The molecule has 6 nitrogen and oxygen atoms in total. The number of halogens is 1. The second-order valence-corrected chi connectivity index (χ2v) is 10.4. The van der Waals surface area contributed by atoms with Crippen LogP contribution in [0.25, 0.3) is 21.5 Å². The Balaban J connectivity index is 1.21. The van der Waals surface area contributed by atoms with E-state index in [1.165, 1.54) is 27.1 Å². The summed E-state index contributed by atoms with van der Waals surface area (Å²) in [6, 6.07) is 27.5.